The van der Waals surface area contributed by atoms with E-state index in [0.29, 0.717) is 0 Å². The predicted octanol–water partition coefficient (Wildman–Crippen LogP) is 4.27. The summed E-state index contributed by atoms with van der Waals surface area (Å²) in [5.41, 5.74) is 0.334. The first-order chi connectivity index (χ1) is 15.7. The molecule has 0 aliphatic rings. The van der Waals surface area contributed by atoms with Gasteiger partial charge < -0.3 is 14.8 Å². The number of carbonyl (C=O) groups excluding carboxylic acids is 1. The molecule has 11 heteroatoms. The van der Waals surface area contributed by atoms with E-state index in [9.17, 15) is 26.4 Å². The molecule has 0 radical (unpaired) electrons. The Balaban J connectivity index is 1.90. The number of amides is 1. The minimum atomic E-state index is -4.29. The van der Waals surface area contributed by atoms with E-state index in [1.165, 1.54) is 43.5 Å². The first kappa shape index (κ1) is 23.9. The third-order valence-electron chi connectivity index (χ3n) is 4.41. The van der Waals surface area contributed by atoms with Gasteiger partial charge in [0.25, 0.3) is 10.0 Å². The largest absolute Gasteiger partial charge is 0.495 e. The van der Waals surface area contributed by atoms with E-state index in [-0.39, 0.29) is 27.8 Å². The second-order valence-electron chi connectivity index (χ2n) is 6.59. The van der Waals surface area contributed by atoms with Crippen molar-refractivity contribution >= 4 is 27.3 Å². The van der Waals surface area contributed by atoms with Gasteiger partial charge in [-0.2, -0.15) is 8.78 Å². The summed E-state index contributed by atoms with van der Waals surface area (Å²) in [5, 5.41) is 2.50. The molecular formula is C22H19F3N2O5S. The number of nitrogens with one attached hydrogen (secondary N) is 1. The second kappa shape index (κ2) is 10.3. The van der Waals surface area contributed by atoms with Crippen molar-refractivity contribution in [2.24, 2.45) is 0 Å². The predicted molar refractivity (Wildman–Crippen MR) is 116 cm³/mol. The average molecular weight is 480 g/mol. The van der Waals surface area contributed by atoms with Gasteiger partial charge in [0.15, 0.2) is 0 Å². The molecule has 1 amide bonds. The number of hydrogen-bond donors (Lipinski definition) is 1. The molecule has 0 aliphatic heterocycles. The van der Waals surface area contributed by atoms with Gasteiger partial charge in [-0.05, 0) is 60.7 Å². The minimum absolute atomic E-state index is 0.0974. The normalized spacial score (nSPS) is 11.2. The topological polar surface area (TPSA) is 84.9 Å². The highest BCUT2D eigenvalue weighted by Crippen LogP contribution is 2.32. The Labute approximate surface area is 188 Å². The Kier molecular flexibility index (Phi) is 7.44. The first-order valence-corrected chi connectivity index (χ1v) is 10.9. The maximum absolute atomic E-state index is 13.3. The average Bonchev–Trinajstić information content (AvgIpc) is 2.78. The molecule has 33 heavy (non-hydrogen) atoms. The van der Waals surface area contributed by atoms with Crippen molar-refractivity contribution in [2.75, 3.05) is 23.3 Å². The highest BCUT2D eigenvalue weighted by Gasteiger charge is 2.29. The van der Waals surface area contributed by atoms with Crippen molar-refractivity contribution in [1.82, 2.24) is 0 Å². The van der Waals surface area contributed by atoms with Gasteiger partial charge in [0, 0.05) is 5.69 Å². The summed E-state index contributed by atoms with van der Waals surface area (Å²) >= 11 is 0. The van der Waals surface area contributed by atoms with Crippen LogP contribution in [0.25, 0.3) is 0 Å². The molecule has 7 nitrogen and oxygen atoms in total. The fraction of sp³-hybridized carbons (Fsp3) is 0.136. The molecule has 0 bridgehead atoms. The molecule has 0 fully saturated rings. The van der Waals surface area contributed by atoms with Gasteiger partial charge in [0.2, 0.25) is 5.91 Å². The molecule has 174 valence electrons. The molecule has 0 saturated carbocycles. The summed E-state index contributed by atoms with van der Waals surface area (Å²) in [7, 11) is -2.94. The van der Waals surface area contributed by atoms with Crippen LogP contribution in [0.1, 0.15) is 0 Å². The zero-order valence-electron chi connectivity index (χ0n) is 17.2. The number of anilines is 2. The fourth-order valence-electron chi connectivity index (χ4n) is 2.92. The number of hydrogen-bond acceptors (Lipinski definition) is 5. The van der Waals surface area contributed by atoms with Gasteiger partial charge in [-0.25, -0.2) is 12.8 Å². The van der Waals surface area contributed by atoms with E-state index in [1.54, 1.807) is 12.1 Å². The Morgan fingerprint density at radius 3 is 2.24 bits per heavy atom. The van der Waals surface area contributed by atoms with Gasteiger partial charge in [0.05, 0.1) is 17.7 Å². The van der Waals surface area contributed by atoms with Crippen LogP contribution in [0.2, 0.25) is 0 Å². The Hall–Kier alpha value is -3.73. The number of methoxy groups -OCH3 is 1. The van der Waals surface area contributed by atoms with Crippen molar-refractivity contribution in [2.45, 2.75) is 11.5 Å². The standard InChI is InChI=1S/C22H19F3N2O5S/c1-31-20-5-3-2-4-19(20)27(33(29,30)18-12-6-15(23)7-13-18)14-21(28)26-16-8-10-17(11-9-16)32-22(24)25/h2-13,22H,14H2,1H3,(H,26,28). The second-order valence-corrected chi connectivity index (χ2v) is 8.45. The molecular weight excluding hydrogens is 461 g/mol. The summed E-state index contributed by atoms with van der Waals surface area (Å²) in [4.78, 5) is 12.5. The van der Waals surface area contributed by atoms with E-state index in [0.717, 1.165) is 28.6 Å². The van der Waals surface area contributed by atoms with Gasteiger partial charge in [-0.15, -0.1) is 0 Å². The zero-order chi connectivity index (χ0) is 24.0. The van der Waals surface area contributed by atoms with Crippen molar-refractivity contribution in [3.8, 4) is 11.5 Å². The van der Waals surface area contributed by atoms with Crippen LogP contribution in [0, 0.1) is 5.82 Å². The smallest absolute Gasteiger partial charge is 0.387 e. The van der Waals surface area contributed by atoms with Gasteiger partial charge >= 0.3 is 6.61 Å². The number of carbonyl (C=O) groups is 1. The van der Waals surface area contributed by atoms with E-state index in [1.807, 2.05) is 0 Å². The SMILES string of the molecule is COc1ccccc1N(CC(=O)Nc1ccc(OC(F)F)cc1)S(=O)(=O)c1ccc(F)cc1. The number of rotatable bonds is 9. The van der Waals surface area contributed by atoms with Crippen LogP contribution in [0.3, 0.4) is 0 Å². The fourth-order valence-corrected chi connectivity index (χ4v) is 4.35. The lowest BCUT2D eigenvalue weighted by Crippen LogP contribution is -2.38. The third-order valence-corrected chi connectivity index (χ3v) is 6.18. The maximum Gasteiger partial charge on any atom is 0.387 e. The number of para-hydroxylation sites is 2. The number of sulfonamides is 1. The monoisotopic (exact) mass is 480 g/mol. The molecule has 3 aromatic rings. The first-order valence-electron chi connectivity index (χ1n) is 9.47. The van der Waals surface area contributed by atoms with Gasteiger partial charge in [0.1, 0.15) is 23.9 Å². The van der Waals surface area contributed by atoms with Crippen LogP contribution in [0.15, 0.2) is 77.7 Å². The Morgan fingerprint density at radius 2 is 1.64 bits per heavy atom. The summed E-state index contributed by atoms with van der Waals surface area (Å²) < 4.78 is 74.9. The number of ether oxygens (including phenoxy) is 2. The van der Waals surface area contributed by atoms with Crippen molar-refractivity contribution in [1.29, 1.82) is 0 Å². The van der Waals surface area contributed by atoms with Crippen LogP contribution in [0.4, 0.5) is 24.5 Å². The molecule has 0 spiro atoms. The maximum atomic E-state index is 13.3. The Morgan fingerprint density at radius 1 is 1.00 bits per heavy atom. The van der Waals surface area contributed by atoms with Crippen LogP contribution in [0.5, 0.6) is 11.5 Å². The summed E-state index contributed by atoms with van der Waals surface area (Å²) in [6, 6.07) is 15.5. The van der Waals surface area contributed by atoms with E-state index in [4.69, 9.17) is 4.74 Å². The molecule has 0 saturated heterocycles. The van der Waals surface area contributed by atoms with Gasteiger partial charge in [-0.1, -0.05) is 12.1 Å². The molecule has 0 atom stereocenters. The molecule has 0 aliphatic carbocycles. The van der Waals surface area contributed by atoms with E-state index >= 15 is 0 Å². The van der Waals surface area contributed by atoms with E-state index < -0.39 is 34.9 Å². The molecule has 1 N–H and O–H groups in total. The number of nitrogens with zero attached hydrogens (tertiary/aromatic N) is 1. The molecule has 0 aromatic heterocycles. The summed E-state index contributed by atoms with van der Waals surface area (Å²) in [5.74, 6) is -1.23. The molecule has 0 heterocycles. The third kappa shape index (κ3) is 5.95. The lowest BCUT2D eigenvalue weighted by Gasteiger charge is -2.25. The zero-order valence-corrected chi connectivity index (χ0v) is 18.1. The highest BCUT2D eigenvalue weighted by molar-refractivity contribution is 7.92. The summed E-state index contributed by atoms with van der Waals surface area (Å²) in [6.45, 7) is -3.63. The minimum Gasteiger partial charge on any atom is -0.495 e. The highest BCUT2D eigenvalue weighted by atomic mass is 32.2. The summed E-state index contributed by atoms with van der Waals surface area (Å²) in [6.07, 6.45) is 0. The van der Waals surface area contributed by atoms with Crippen LogP contribution < -0.4 is 19.1 Å². The van der Waals surface area contributed by atoms with Crippen LogP contribution >= 0.6 is 0 Å². The lowest BCUT2D eigenvalue weighted by molar-refractivity contribution is -0.114. The quantitative estimate of drug-likeness (QED) is 0.495. The Bertz CT molecular complexity index is 1200. The van der Waals surface area contributed by atoms with Crippen LogP contribution in [-0.2, 0) is 14.8 Å². The van der Waals surface area contributed by atoms with E-state index in [2.05, 4.69) is 10.1 Å². The number of halogens is 3. The molecule has 0 unspecified atom stereocenters. The van der Waals surface area contributed by atoms with Gasteiger partial charge in [-0.3, -0.25) is 9.10 Å². The number of alkyl halides is 2. The van der Waals surface area contributed by atoms with Crippen molar-refractivity contribution in [3.05, 3.63) is 78.6 Å². The lowest BCUT2D eigenvalue weighted by atomic mass is 10.3. The molecule has 3 rings (SSSR count). The van der Waals surface area contributed by atoms with Crippen molar-refractivity contribution < 1.29 is 35.9 Å². The number of benzene rings is 3. The molecule has 3 aromatic carbocycles. The van der Waals surface area contributed by atoms with Crippen LogP contribution in [-0.4, -0.2) is 34.6 Å². The van der Waals surface area contributed by atoms with Crippen molar-refractivity contribution in [3.63, 3.8) is 0 Å².